The van der Waals surface area contributed by atoms with E-state index < -0.39 is 0 Å². The first-order valence-electron chi connectivity index (χ1n) is 9.02. The van der Waals surface area contributed by atoms with Crippen LogP contribution in [0, 0.1) is 0 Å². The van der Waals surface area contributed by atoms with E-state index >= 15 is 0 Å². The molecule has 0 aliphatic carbocycles. The predicted molar refractivity (Wildman–Crippen MR) is 125 cm³/mol. The Kier molecular flexibility index (Phi) is 10.4. The molecule has 0 aliphatic heterocycles. The van der Waals surface area contributed by atoms with Crippen LogP contribution in [-0.4, -0.2) is 12.1 Å². The Morgan fingerprint density at radius 1 is 1.07 bits per heavy atom. The number of hydrogen-bond acceptors (Lipinski definition) is 3. The highest BCUT2D eigenvalue weighted by Gasteiger charge is 2.17. The number of ether oxygens (including phenoxy) is 2. The maximum atomic E-state index is 6.24. The summed E-state index contributed by atoms with van der Waals surface area (Å²) >= 11 is 15.8. The van der Waals surface area contributed by atoms with Crippen molar-refractivity contribution < 1.29 is 9.47 Å². The van der Waals surface area contributed by atoms with E-state index in [-0.39, 0.29) is 17.9 Å². The summed E-state index contributed by atoms with van der Waals surface area (Å²) in [5, 5.41) is 4.75. The normalized spacial score (nSPS) is 11.1. The summed E-state index contributed by atoms with van der Waals surface area (Å²) in [5.74, 6) is 1.38. The van der Waals surface area contributed by atoms with E-state index in [9.17, 15) is 0 Å². The molecule has 0 radical (unpaired) electrons. The molecule has 0 aliphatic rings. The fraction of sp³-hybridized carbons (Fsp3) is 0.429. The van der Waals surface area contributed by atoms with Crippen LogP contribution in [0.2, 0.25) is 10.0 Å². The SMILES string of the molecule is CCOc1cc(CNC(C)(C)CC)cc(Br)c1OCc1ccc(Cl)cc1Cl.Cl. The van der Waals surface area contributed by atoms with E-state index in [2.05, 4.69) is 48.1 Å². The third-order valence-electron chi connectivity index (χ3n) is 4.41. The van der Waals surface area contributed by atoms with Crippen LogP contribution >= 0.6 is 51.5 Å². The highest BCUT2D eigenvalue weighted by Crippen LogP contribution is 2.38. The summed E-state index contributed by atoms with van der Waals surface area (Å²) in [6, 6.07) is 9.45. The molecular weight excluding hydrogens is 484 g/mol. The molecule has 0 saturated heterocycles. The molecule has 0 atom stereocenters. The van der Waals surface area contributed by atoms with Gasteiger partial charge in [0, 0.05) is 27.7 Å². The predicted octanol–water partition coefficient (Wildman–Crippen LogP) is 7.43. The Balaban J connectivity index is 0.00000392. The summed E-state index contributed by atoms with van der Waals surface area (Å²) in [6.07, 6.45) is 1.05. The number of halogens is 4. The zero-order valence-electron chi connectivity index (χ0n) is 16.6. The monoisotopic (exact) mass is 509 g/mol. The van der Waals surface area contributed by atoms with Gasteiger partial charge in [-0.05, 0) is 73.0 Å². The van der Waals surface area contributed by atoms with Gasteiger partial charge in [-0.15, -0.1) is 12.4 Å². The maximum Gasteiger partial charge on any atom is 0.175 e. The van der Waals surface area contributed by atoms with Crippen LogP contribution in [0.25, 0.3) is 0 Å². The summed E-state index contributed by atoms with van der Waals surface area (Å²) in [4.78, 5) is 0. The van der Waals surface area contributed by atoms with Crippen molar-refractivity contribution in [2.75, 3.05) is 6.61 Å². The summed E-state index contributed by atoms with van der Waals surface area (Å²) in [6.45, 7) is 10.2. The molecule has 1 N–H and O–H groups in total. The highest BCUT2D eigenvalue weighted by atomic mass is 79.9. The summed E-state index contributed by atoms with van der Waals surface area (Å²) in [5.41, 5.74) is 2.08. The molecular formula is C21H27BrCl3NO2. The van der Waals surface area contributed by atoms with Crippen LogP contribution in [0.1, 0.15) is 45.2 Å². The molecule has 2 rings (SSSR count). The Hall–Kier alpha value is -0.650. The first kappa shape index (κ1) is 25.4. The van der Waals surface area contributed by atoms with Gasteiger partial charge in [-0.3, -0.25) is 0 Å². The minimum Gasteiger partial charge on any atom is -0.490 e. The lowest BCUT2D eigenvalue weighted by Gasteiger charge is -2.25. The molecule has 0 spiro atoms. The molecule has 28 heavy (non-hydrogen) atoms. The molecule has 2 aromatic carbocycles. The first-order valence-corrected chi connectivity index (χ1v) is 10.6. The molecule has 3 nitrogen and oxygen atoms in total. The Morgan fingerprint density at radius 3 is 2.39 bits per heavy atom. The largest absolute Gasteiger partial charge is 0.490 e. The van der Waals surface area contributed by atoms with Crippen LogP contribution in [-0.2, 0) is 13.2 Å². The standard InChI is InChI=1S/C21H26BrCl2NO2.ClH/c1-5-21(3,4)25-12-14-9-17(22)20(19(10-14)26-6-2)27-13-15-7-8-16(23)11-18(15)24;/h7-11,25H,5-6,12-13H2,1-4H3;1H. The fourth-order valence-corrected chi connectivity index (χ4v) is 3.45. The van der Waals surface area contributed by atoms with E-state index in [1.165, 1.54) is 0 Å². The summed E-state index contributed by atoms with van der Waals surface area (Å²) < 4.78 is 12.7. The average molecular weight is 512 g/mol. The number of nitrogens with one attached hydrogen (secondary N) is 1. The quantitative estimate of drug-likeness (QED) is 0.380. The van der Waals surface area contributed by atoms with Crippen LogP contribution in [0.3, 0.4) is 0 Å². The molecule has 0 unspecified atom stereocenters. The topological polar surface area (TPSA) is 30.5 Å². The lowest BCUT2D eigenvalue weighted by atomic mass is 10.0. The molecule has 0 amide bonds. The van der Waals surface area contributed by atoms with Gasteiger partial charge in [0.25, 0.3) is 0 Å². The first-order chi connectivity index (χ1) is 12.8. The lowest BCUT2D eigenvalue weighted by molar-refractivity contribution is 0.267. The summed E-state index contributed by atoms with van der Waals surface area (Å²) in [7, 11) is 0. The van der Waals surface area contributed by atoms with Gasteiger partial charge >= 0.3 is 0 Å². The number of hydrogen-bond donors (Lipinski definition) is 1. The second kappa shape index (κ2) is 11.5. The van der Waals surface area contributed by atoms with Gasteiger partial charge in [0.15, 0.2) is 11.5 Å². The smallest absolute Gasteiger partial charge is 0.175 e. The second-order valence-electron chi connectivity index (χ2n) is 6.95. The van der Waals surface area contributed by atoms with E-state index in [1.807, 2.05) is 19.1 Å². The van der Waals surface area contributed by atoms with Crippen molar-refractivity contribution in [1.29, 1.82) is 0 Å². The van der Waals surface area contributed by atoms with Crippen LogP contribution in [0.4, 0.5) is 0 Å². The lowest BCUT2D eigenvalue weighted by Crippen LogP contribution is -2.37. The van der Waals surface area contributed by atoms with Gasteiger partial charge in [0.1, 0.15) is 6.61 Å². The van der Waals surface area contributed by atoms with Crippen molar-refractivity contribution in [2.24, 2.45) is 0 Å². The van der Waals surface area contributed by atoms with Crippen molar-refractivity contribution in [3.8, 4) is 11.5 Å². The van der Waals surface area contributed by atoms with Crippen LogP contribution in [0.15, 0.2) is 34.8 Å². The van der Waals surface area contributed by atoms with E-state index in [4.69, 9.17) is 32.7 Å². The van der Waals surface area contributed by atoms with Crippen molar-refractivity contribution in [2.45, 2.75) is 52.8 Å². The molecule has 0 saturated carbocycles. The molecule has 0 aromatic heterocycles. The van der Waals surface area contributed by atoms with Crippen molar-refractivity contribution in [1.82, 2.24) is 5.32 Å². The van der Waals surface area contributed by atoms with Crippen molar-refractivity contribution in [3.63, 3.8) is 0 Å². The van der Waals surface area contributed by atoms with Gasteiger partial charge in [0.05, 0.1) is 11.1 Å². The molecule has 0 heterocycles. The van der Waals surface area contributed by atoms with Gasteiger partial charge in [-0.25, -0.2) is 0 Å². The van der Waals surface area contributed by atoms with E-state index in [0.717, 1.165) is 28.6 Å². The van der Waals surface area contributed by atoms with Gasteiger partial charge in [-0.1, -0.05) is 36.2 Å². The molecule has 2 aromatic rings. The van der Waals surface area contributed by atoms with E-state index in [1.54, 1.807) is 12.1 Å². The number of benzene rings is 2. The second-order valence-corrected chi connectivity index (χ2v) is 8.65. The highest BCUT2D eigenvalue weighted by molar-refractivity contribution is 9.10. The molecule has 156 valence electrons. The molecule has 0 bridgehead atoms. The minimum absolute atomic E-state index is 0. The minimum atomic E-state index is 0. The zero-order chi connectivity index (χ0) is 20.0. The van der Waals surface area contributed by atoms with E-state index in [0.29, 0.717) is 34.8 Å². The molecule has 0 fully saturated rings. The fourth-order valence-electron chi connectivity index (χ4n) is 2.38. The number of rotatable bonds is 9. The Labute approximate surface area is 192 Å². The maximum absolute atomic E-state index is 6.24. The third kappa shape index (κ3) is 7.31. The third-order valence-corrected chi connectivity index (χ3v) is 5.59. The Morgan fingerprint density at radius 2 is 1.79 bits per heavy atom. The molecule has 7 heteroatoms. The van der Waals surface area contributed by atoms with Gasteiger partial charge < -0.3 is 14.8 Å². The zero-order valence-corrected chi connectivity index (χ0v) is 20.5. The van der Waals surface area contributed by atoms with Crippen LogP contribution < -0.4 is 14.8 Å². The van der Waals surface area contributed by atoms with Crippen molar-refractivity contribution >= 4 is 51.5 Å². The van der Waals surface area contributed by atoms with Crippen molar-refractivity contribution in [3.05, 3.63) is 56.0 Å². The average Bonchev–Trinajstić information content (AvgIpc) is 2.61. The van der Waals surface area contributed by atoms with Crippen LogP contribution in [0.5, 0.6) is 11.5 Å². The van der Waals surface area contributed by atoms with Gasteiger partial charge in [0.2, 0.25) is 0 Å². The van der Waals surface area contributed by atoms with Gasteiger partial charge in [-0.2, -0.15) is 0 Å². The Bertz CT molecular complexity index is 784.